The van der Waals surface area contributed by atoms with Gasteiger partial charge in [-0.2, -0.15) is 0 Å². The average molecular weight is 460 g/mol. The van der Waals surface area contributed by atoms with Crippen LogP contribution in [0.25, 0.3) is 10.9 Å². The first-order valence-corrected chi connectivity index (χ1v) is 11.8. The summed E-state index contributed by atoms with van der Waals surface area (Å²) in [6.07, 6.45) is 0. The molecule has 0 saturated carbocycles. The molecular weight excluding hydrogens is 426 g/mol. The van der Waals surface area contributed by atoms with Crippen LogP contribution in [-0.4, -0.2) is 61.0 Å². The zero-order valence-corrected chi connectivity index (χ0v) is 20.2. The van der Waals surface area contributed by atoms with E-state index >= 15 is 0 Å². The number of para-hydroxylation sites is 1. The van der Waals surface area contributed by atoms with Crippen molar-refractivity contribution >= 4 is 34.2 Å². The third kappa shape index (κ3) is 5.14. The number of amides is 2. The first-order chi connectivity index (χ1) is 16.4. The van der Waals surface area contributed by atoms with E-state index in [1.54, 1.807) is 0 Å². The van der Waals surface area contributed by atoms with Gasteiger partial charge in [0.2, 0.25) is 11.8 Å². The van der Waals surface area contributed by atoms with Crippen molar-refractivity contribution in [3.8, 4) is 0 Å². The molecule has 0 unspecified atom stereocenters. The standard InChI is InChI=1S/C27H33N5O2/c1-20(33)28-13-14-29-24-19-25(30-23-12-8-7-11-22(23)24)31-15-17-32(18-16-31)26(34)27(2,3)21-9-5-4-6-10-21/h4-12,19H,13-18H2,1-3H3,(H,28,33)(H,29,30). The molecule has 0 radical (unpaired) electrons. The van der Waals surface area contributed by atoms with E-state index in [9.17, 15) is 9.59 Å². The first-order valence-electron chi connectivity index (χ1n) is 11.8. The number of fused-ring (bicyclic) bond motifs is 1. The molecule has 1 fully saturated rings. The summed E-state index contributed by atoms with van der Waals surface area (Å²) in [5.74, 6) is 1.02. The van der Waals surface area contributed by atoms with Crippen LogP contribution >= 0.6 is 0 Å². The zero-order valence-electron chi connectivity index (χ0n) is 20.2. The van der Waals surface area contributed by atoms with E-state index in [0.717, 1.165) is 41.1 Å². The van der Waals surface area contributed by atoms with Crippen molar-refractivity contribution in [1.82, 2.24) is 15.2 Å². The minimum absolute atomic E-state index is 0.0371. The second-order valence-corrected chi connectivity index (χ2v) is 9.23. The quantitative estimate of drug-likeness (QED) is 0.530. The molecule has 4 rings (SSSR count). The van der Waals surface area contributed by atoms with E-state index in [2.05, 4.69) is 27.7 Å². The predicted octanol–water partition coefficient (Wildman–Crippen LogP) is 3.41. The summed E-state index contributed by atoms with van der Waals surface area (Å²) in [7, 11) is 0. The van der Waals surface area contributed by atoms with Crippen LogP contribution in [-0.2, 0) is 15.0 Å². The summed E-state index contributed by atoms with van der Waals surface area (Å²) in [5, 5.41) is 7.31. The Morgan fingerprint density at radius 2 is 1.62 bits per heavy atom. The van der Waals surface area contributed by atoms with Crippen LogP contribution in [0.2, 0.25) is 0 Å². The lowest BCUT2D eigenvalue weighted by Gasteiger charge is -2.39. The summed E-state index contributed by atoms with van der Waals surface area (Å²) in [5.41, 5.74) is 2.39. The number of piperazine rings is 1. The van der Waals surface area contributed by atoms with Crippen molar-refractivity contribution in [2.75, 3.05) is 49.5 Å². The number of carbonyl (C=O) groups excluding carboxylic acids is 2. The molecule has 2 amide bonds. The Morgan fingerprint density at radius 1 is 0.941 bits per heavy atom. The second-order valence-electron chi connectivity index (χ2n) is 9.23. The fraction of sp³-hybridized carbons (Fsp3) is 0.370. The van der Waals surface area contributed by atoms with Crippen LogP contribution in [0.15, 0.2) is 60.7 Å². The van der Waals surface area contributed by atoms with Gasteiger partial charge in [-0.1, -0.05) is 48.5 Å². The third-order valence-corrected chi connectivity index (χ3v) is 6.44. The van der Waals surface area contributed by atoms with Gasteiger partial charge in [-0.15, -0.1) is 0 Å². The highest BCUT2D eigenvalue weighted by Gasteiger charge is 2.35. The molecule has 34 heavy (non-hydrogen) atoms. The number of nitrogens with one attached hydrogen (secondary N) is 2. The number of pyridine rings is 1. The SMILES string of the molecule is CC(=O)NCCNc1cc(N2CCN(C(=O)C(C)(C)c3ccccc3)CC2)nc2ccccc12. The van der Waals surface area contributed by atoms with Crippen molar-refractivity contribution in [1.29, 1.82) is 0 Å². The Morgan fingerprint density at radius 3 is 2.32 bits per heavy atom. The molecule has 0 bridgehead atoms. The lowest BCUT2D eigenvalue weighted by atomic mass is 9.83. The normalized spacial score (nSPS) is 14.2. The van der Waals surface area contributed by atoms with Gasteiger partial charge in [-0.25, -0.2) is 4.98 Å². The molecule has 7 heteroatoms. The topological polar surface area (TPSA) is 77.6 Å². The maximum atomic E-state index is 13.3. The smallest absolute Gasteiger partial charge is 0.232 e. The summed E-state index contributed by atoms with van der Waals surface area (Å²) < 4.78 is 0. The minimum Gasteiger partial charge on any atom is -0.383 e. The van der Waals surface area contributed by atoms with Crippen LogP contribution in [0.5, 0.6) is 0 Å². The van der Waals surface area contributed by atoms with Gasteiger partial charge in [0, 0.05) is 63.3 Å². The molecule has 178 valence electrons. The fourth-order valence-corrected chi connectivity index (χ4v) is 4.42. The van der Waals surface area contributed by atoms with Gasteiger partial charge in [0.1, 0.15) is 5.82 Å². The molecule has 1 aliphatic rings. The fourth-order valence-electron chi connectivity index (χ4n) is 4.42. The van der Waals surface area contributed by atoms with Crippen molar-refractivity contribution < 1.29 is 9.59 Å². The molecule has 0 aliphatic carbocycles. The largest absolute Gasteiger partial charge is 0.383 e. The van der Waals surface area contributed by atoms with E-state index in [-0.39, 0.29) is 11.8 Å². The highest BCUT2D eigenvalue weighted by Crippen LogP contribution is 2.29. The molecule has 3 aromatic rings. The van der Waals surface area contributed by atoms with E-state index in [0.29, 0.717) is 26.2 Å². The molecule has 1 aromatic heterocycles. The average Bonchev–Trinajstić information content (AvgIpc) is 2.86. The lowest BCUT2D eigenvalue weighted by molar-refractivity contribution is -0.136. The molecule has 1 saturated heterocycles. The Balaban J connectivity index is 1.46. The Kier molecular flexibility index (Phi) is 7.01. The number of hydrogen-bond donors (Lipinski definition) is 2. The molecule has 0 spiro atoms. The summed E-state index contributed by atoms with van der Waals surface area (Å²) in [4.78, 5) is 33.6. The number of benzene rings is 2. The first kappa shape index (κ1) is 23.5. The molecule has 2 heterocycles. The van der Waals surface area contributed by atoms with Gasteiger partial charge in [0.15, 0.2) is 0 Å². The Labute approximate surface area is 201 Å². The minimum atomic E-state index is -0.560. The monoisotopic (exact) mass is 459 g/mol. The summed E-state index contributed by atoms with van der Waals surface area (Å²) >= 11 is 0. The van der Waals surface area contributed by atoms with Crippen LogP contribution in [0.1, 0.15) is 26.3 Å². The van der Waals surface area contributed by atoms with Crippen molar-refractivity contribution in [2.24, 2.45) is 0 Å². The van der Waals surface area contributed by atoms with Crippen LogP contribution in [0.4, 0.5) is 11.5 Å². The number of anilines is 2. The van der Waals surface area contributed by atoms with Crippen LogP contribution in [0.3, 0.4) is 0 Å². The van der Waals surface area contributed by atoms with Crippen LogP contribution in [0, 0.1) is 0 Å². The zero-order chi connectivity index (χ0) is 24.1. The summed E-state index contributed by atoms with van der Waals surface area (Å²) in [6, 6.07) is 20.1. The molecular formula is C27H33N5O2. The maximum absolute atomic E-state index is 13.3. The third-order valence-electron chi connectivity index (χ3n) is 6.44. The molecule has 0 atom stereocenters. The predicted molar refractivity (Wildman–Crippen MR) is 137 cm³/mol. The van der Waals surface area contributed by atoms with Gasteiger partial charge in [-0.05, 0) is 25.5 Å². The molecule has 7 nitrogen and oxygen atoms in total. The van der Waals surface area contributed by atoms with Crippen molar-refractivity contribution in [3.63, 3.8) is 0 Å². The van der Waals surface area contributed by atoms with Crippen molar-refractivity contribution in [2.45, 2.75) is 26.2 Å². The summed E-state index contributed by atoms with van der Waals surface area (Å²) in [6.45, 7) is 9.49. The Bertz CT molecular complexity index is 1150. The number of carbonyl (C=O) groups is 2. The number of nitrogens with zero attached hydrogens (tertiary/aromatic N) is 3. The number of hydrogen-bond acceptors (Lipinski definition) is 5. The maximum Gasteiger partial charge on any atom is 0.232 e. The van der Waals surface area contributed by atoms with E-state index in [1.807, 2.05) is 67.3 Å². The van der Waals surface area contributed by atoms with E-state index in [4.69, 9.17) is 4.98 Å². The van der Waals surface area contributed by atoms with Crippen molar-refractivity contribution in [3.05, 3.63) is 66.2 Å². The molecule has 2 N–H and O–H groups in total. The van der Waals surface area contributed by atoms with Gasteiger partial charge in [0.05, 0.1) is 10.9 Å². The highest BCUT2D eigenvalue weighted by molar-refractivity contribution is 5.93. The van der Waals surface area contributed by atoms with Gasteiger partial charge in [0.25, 0.3) is 0 Å². The van der Waals surface area contributed by atoms with Gasteiger partial charge in [-0.3, -0.25) is 9.59 Å². The van der Waals surface area contributed by atoms with Crippen LogP contribution < -0.4 is 15.5 Å². The Hall–Kier alpha value is -3.61. The number of aromatic nitrogens is 1. The van der Waals surface area contributed by atoms with E-state index < -0.39 is 5.41 Å². The second kappa shape index (κ2) is 10.1. The van der Waals surface area contributed by atoms with Gasteiger partial charge >= 0.3 is 0 Å². The van der Waals surface area contributed by atoms with Gasteiger partial charge < -0.3 is 20.4 Å². The van der Waals surface area contributed by atoms with E-state index in [1.165, 1.54) is 6.92 Å². The molecule has 2 aromatic carbocycles. The number of rotatable bonds is 7. The lowest BCUT2D eigenvalue weighted by Crippen LogP contribution is -2.53. The highest BCUT2D eigenvalue weighted by atomic mass is 16.2. The molecule has 1 aliphatic heterocycles.